The third-order valence-electron chi connectivity index (χ3n) is 5.07. The van der Waals surface area contributed by atoms with Crippen molar-refractivity contribution >= 4 is 34.1 Å². The van der Waals surface area contributed by atoms with Crippen molar-refractivity contribution in [3.63, 3.8) is 0 Å². The number of fused-ring (bicyclic) bond motifs is 1. The molecule has 4 rings (SSSR count). The van der Waals surface area contributed by atoms with Crippen molar-refractivity contribution < 1.29 is 4.79 Å². The summed E-state index contributed by atoms with van der Waals surface area (Å²) in [4.78, 5) is 24.3. The predicted octanol–water partition coefficient (Wildman–Crippen LogP) is 5.09. The molecule has 4 aromatic rings. The number of aromatic nitrogens is 1. The fourth-order valence-electron chi connectivity index (χ4n) is 3.68. The first kappa shape index (κ1) is 19.4. The molecule has 3 aromatic carbocycles. The highest BCUT2D eigenvalue weighted by Crippen LogP contribution is 2.34. The normalized spacial score (nSPS) is 11.5. The van der Waals surface area contributed by atoms with Crippen molar-refractivity contribution in [2.75, 3.05) is 5.32 Å². The molecule has 1 amide bonds. The number of aryl methyl sites for hydroxylation is 1. The lowest BCUT2D eigenvalue weighted by Crippen LogP contribution is -2.19. The van der Waals surface area contributed by atoms with E-state index in [0.29, 0.717) is 5.69 Å². The van der Waals surface area contributed by atoms with Crippen LogP contribution in [0.4, 0.5) is 5.69 Å². The van der Waals surface area contributed by atoms with Crippen LogP contribution in [0.1, 0.15) is 23.6 Å². The van der Waals surface area contributed by atoms with Crippen LogP contribution in [0.15, 0.2) is 89.7 Å². The van der Waals surface area contributed by atoms with Gasteiger partial charge in [0.15, 0.2) is 0 Å². The van der Waals surface area contributed by atoms with Gasteiger partial charge in [-0.15, -0.1) is 0 Å². The second kappa shape index (κ2) is 8.21. The fourth-order valence-corrected chi connectivity index (χ4v) is 3.68. The molecule has 0 bridgehead atoms. The van der Waals surface area contributed by atoms with E-state index in [0.717, 1.165) is 33.2 Å². The average Bonchev–Trinajstić information content (AvgIpc) is 2.76. The van der Waals surface area contributed by atoms with Gasteiger partial charge >= 0.3 is 0 Å². The highest BCUT2D eigenvalue weighted by atomic mass is 16.1. The molecule has 0 fully saturated rings. The second-order valence-electron chi connectivity index (χ2n) is 7.17. The molecule has 0 aliphatic carbocycles. The van der Waals surface area contributed by atoms with Gasteiger partial charge in [-0.2, -0.15) is 0 Å². The Kier molecular flexibility index (Phi) is 5.31. The third kappa shape index (κ3) is 3.80. The number of hydrogen-bond acceptors (Lipinski definition) is 2. The number of carbonyl (C=O) groups excluding carboxylic acids is 1. The van der Waals surface area contributed by atoms with Crippen LogP contribution in [0.2, 0.25) is 0 Å². The monoisotopic (exact) mass is 394 g/mol. The first-order chi connectivity index (χ1) is 14.5. The quantitative estimate of drug-likeness (QED) is 0.491. The van der Waals surface area contributed by atoms with Crippen LogP contribution in [-0.2, 0) is 11.8 Å². The highest BCUT2D eigenvalue weighted by Gasteiger charge is 2.16. The number of nitrogens with one attached hydrogen (secondary N) is 1. The molecule has 4 heteroatoms. The maximum atomic E-state index is 12.5. The fraction of sp³-hybridized carbons (Fsp3) is 0.0769. The average molecular weight is 394 g/mol. The van der Waals surface area contributed by atoms with Gasteiger partial charge in [0, 0.05) is 25.4 Å². The lowest BCUT2D eigenvalue weighted by atomic mass is 9.92. The molecule has 0 spiro atoms. The van der Waals surface area contributed by atoms with Gasteiger partial charge in [0.2, 0.25) is 5.91 Å². The zero-order chi connectivity index (χ0) is 21.1. The minimum absolute atomic E-state index is 0.170. The summed E-state index contributed by atoms with van der Waals surface area (Å²) in [5.41, 5.74) is 5.19. The highest BCUT2D eigenvalue weighted by molar-refractivity contribution is 6.09. The first-order valence-electron chi connectivity index (χ1n) is 9.77. The molecular formula is C26H22N2O2. The van der Waals surface area contributed by atoms with E-state index in [-0.39, 0.29) is 11.5 Å². The van der Waals surface area contributed by atoms with E-state index in [2.05, 4.69) is 35.7 Å². The summed E-state index contributed by atoms with van der Waals surface area (Å²) in [5, 5.41) is 3.68. The van der Waals surface area contributed by atoms with E-state index >= 15 is 0 Å². The Labute approximate surface area is 175 Å². The van der Waals surface area contributed by atoms with Crippen molar-refractivity contribution in [1.82, 2.24) is 4.57 Å². The number of carbonyl (C=O) groups is 1. The summed E-state index contributed by atoms with van der Waals surface area (Å²) in [6.45, 7) is 1.45. The number of anilines is 1. The molecule has 30 heavy (non-hydrogen) atoms. The van der Waals surface area contributed by atoms with Crippen molar-refractivity contribution in [2.24, 2.45) is 7.05 Å². The van der Waals surface area contributed by atoms with Crippen LogP contribution in [0.3, 0.4) is 0 Å². The third-order valence-corrected chi connectivity index (χ3v) is 5.07. The summed E-state index contributed by atoms with van der Waals surface area (Å²) < 4.78 is 1.61. The smallest absolute Gasteiger partial charge is 0.252 e. The Hall–Kier alpha value is -3.92. The Morgan fingerprint density at radius 3 is 2.23 bits per heavy atom. The molecule has 1 N–H and O–H groups in total. The molecule has 0 saturated heterocycles. The Balaban J connectivity index is 2.08. The van der Waals surface area contributed by atoms with Gasteiger partial charge < -0.3 is 9.88 Å². The van der Waals surface area contributed by atoms with Crippen LogP contribution in [-0.4, -0.2) is 10.5 Å². The van der Waals surface area contributed by atoms with E-state index in [1.807, 2.05) is 54.6 Å². The maximum Gasteiger partial charge on any atom is 0.252 e. The number of hydrogen-bond donors (Lipinski definition) is 1. The van der Waals surface area contributed by atoms with E-state index in [1.165, 1.54) is 13.0 Å². The van der Waals surface area contributed by atoms with Crippen molar-refractivity contribution in [2.45, 2.75) is 6.92 Å². The van der Waals surface area contributed by atoms with Gasteiger partial charge in [-0.05, 0) is 34.4 Å². The molecular weight excluding hydrogens is 372 g/mol. The molecule has 1 heterocycles. The number of nitrogens with zero attached hydrogens (tertiary/aromatic N) is 1. The zero-order valence-electron chi connectivity index (χ0n) is 16.9. The van der Waals surface area contributed by atoms with Crippen molar-refractivity contribution in [3.05, 3.63) is 112 Å². The van der Waals surface area contributed by atoms with E-state index < -0.39 is 0 Å². The predicted molar refractivity (Wildman–Crippen MR) is 123 cm³/mol. The maximum absolute atomic E-state index is 12.5. The Morgan fingerprint density at radius 2 is 1.57 bits per heavy atom. The van der Waals surface area contributed by atoms with Crippen LogP contribution >= 0.6 is 0 Å². The molecule has 0 radical (unpaired) electrons. The van der Waals surface area contributed by atoms with Gasteiger partial charge in [-0.25, -0.2) is 0 Å². The molecule has 0 unspecified atom stereocenters. The Bertz CT molecular complexity index is 1300. The lowest BCUT2D eigenvalue weighted by molar-refractivity contribution is -0.114. The molecule has 0 atom stereocenters. The van der Waals surface area contributed by atoms with Gasteiger partial charge in [0.05, 0.1) is 11.2 Å². The van der Waals surface area contributed by atoms with Gasteiger partial charge in [0.25, 0.3) is 5.56 Å². The SMILES string of the molecule is CC(=O)Nc1cc(=O)n(C)c2cccc(/C(=C/c3ccccc3)c3ccccc3)c12. The molecule has 0 aliphatic rings. The topological polar surface area (TPSA) is 51.1 Å². The molecule has 148 valence electrons. The van der Waals surface area contributed by atoms with E-state index in [9.17, 15) is 9.59 Å². The summed E-state index contributed by atoms with van der Waals surface area (Å²) in [6.07, 6.45) is 2.13. The molecule has 4 nitrogen and oxygen atoms in total. The number of benzene rings is 3. The van der Waals surface area contributed by atoms with Crippen molar-refractivity contribution in [1.29, 1.82) is 0 Å². The number of amides is 1. The van der Waals surface area contributed by atoms with Crippen LogP contribution in [0.5, 0.6) is 0 Å². The second-order valence-corrected chi connectivity index (χ2v) is 7.17. The summed E-state index contributed by atoms with van der Waals surface area (Å²) in [6, 6.07) is 27.6. The summed E-state index contributed by atoms with van der Waals surface area (Å²) in [7, 11) is 1.75. The van der Waals surface area contributed by atoms with Crippen LogP contribution < -0.4 is 10.9 Å². The standard InChI is InChI=1S/C26H22N2O2/c1-18(29)27-23-17-25(30)28(2)24-15-9-14-21(26(23)24)22(20-12-7-4-8-13-20)16-19-10-5-3-6-11-19/h3-17H,1-2H3,(H,27,29)/b22-16+. The van der Waals surface area contributed by atoms with E-state index in [4.69, 9.17) is 0 Å². The zero-order valence-corrected chi connectivity index (χ0v) is 16.9. The van der Waals surface area contributed by atoms with Crippen molar-refractivity contribution in [3.8, 4) is 0 Å². The minimum atomic E-state index is -0.215. The molecule has 1 aromatic heterocycles. The minimum Gasteiger partial charge on any atom is -0.325 e. The van der Waals surface area contributed by atoms with E-state index in [1.54, 1.807) is 11.6 Å². The Morgan fingerprint density at radius 1 is 0.900 bits per heavy atom. The summed E-state index contributed by atoms with van der Waals surface area (Å²) in [5.74, 6) is -0.215. The number of pyridine rings is 1. The lowest BCUT2D eigenvalue weighted by Gasteiger charge is -2.17. The van der Waals surface area contributed by atoms with Gasteiger partial charge in [0.1, 0.15) is 0 Å². The summed E-state index contributed by atoms with van der Waals surface area (Å²) >= 11 is 0. The number of rotatable bonds is 4. The largest absolute Gasteiger partial charge is 0.325 e. The molecule has 0 saturated carbocycles. The van der Waals surface area contributed by atoms with Crippen LogP contribution in [0.25, 0.3) is 22.6 Å². The van der Waals surface area contributed by atoms with Gasteiger partial charge in [-0.3, -0.25) is 9.59 Å². The molecule has 0 aliphatic heterocycles. The van der Waals surface area contributed by atoms with Crippen LogP contribution in [0, 0.1) is 0 Å². The first-order valence-corrected chi connectivity index (χ1v) is 9.77. The van der Waals surface area contributed by atoms with Gasteiger partial charge in [-0.1, -0.05) is 72.8 Å².